The summed E-state index contributed by atoms with van der Waals surface area (Å²) in [7, 11) is 0. The van der Waals surface area contributed by atoms with Crippen LogP contribution in [-0.4, -0.2) is 39.3 Å². The van der Waals surface area contributed by atoms with E-state index in [0.29, 0.717) is 0 Å². The van der Waals surface area contributed by atoms with E-state index in [9.17, 15) is 0 Å². The molecule has 0 saturated heterocycles. The number of allylic oxidation sites excluding steroid dienone is 4. The largest absolute Gasteiger partial charge is 4.00 e. The Bertz CT molecular complexity index is 221. The van der Waals surface area contributed by atoms with Crippen LogP contribution < -0.4 is 0 Å². The quantitative estimate of drug-likeness (QED) is 0.398. The second kappa shape index (κ2) is 34.6. The third kappa shape index (κ3) is 38.0. The van der Waals surface area contributed by atoms with Gasteiger partial charge in [-0.25, -0.2) is 11.6 Å². The molecule has 24 heavy (non-hydrogen) atoms. The first-order chi connectivity index (χ1) is 11.2. The van der Waals surface area contributed by atoms with Gasteiger partial charge >= 0.3 is 26.2 Å². The Labute approximate surface area is 172 Å². The first-order valence-electron chi connectivity index (χ1n) is 9.33. The van der Waals surface area contributed by atoms with Gasteiger partial charge in [-0.2, -0.15) is 45.3 Å². The molecule has 1 rings (SSSR count). The Balaban J connectivity index is -0.000000113. The van der Waals surface area contributed by atoms with Crippen LogP contribution in [0, 0.1) is 6.08 Å². The van der Waals surface area contributed by atoms with Gasteiger partial charge in [0.05, 0.1) is 0 Å². The van der Waals surface area contributed by atoms with E-state index in [4.69, 9.17) is 0 Å². The van der Waals surface area contributed by atoms with E-state index >= 15 is 0 Å². The zero-order valence-electron chi connectivity index (χ0n) is 17.4. The molecule has 0 radical (unpaired) electrons. The normalized spacial score (nSPS) is 10.9. The van der Waals surface area contributed by atoms with E-state index < -0.39 is 0 Å². The Morgan fingerprint density at radius 1 is 0.750 bits per heavy atom. The molecule has 0 heterocycles. The minimum Gasteiger partial charge on any atom is -0.663 e. The summed E-state index contributed by atoms with van der Waals surface area (Å²) >= 11 is 0. The Morgan fingerprint density at radius 2 is 1.12 bits per heavy atom. The van der Waals surface area contributed by atoms with Gasteiger partial charge in [0.1, 0.15) is 0 Å². The number of hydrogen-bond donors (Lipinski definition) is 0. The van der Waals surface area contributed by atoms with E-state index in [0.717, 1.165) is 45.7 Å². The zero-order valence-corrected chi connectivity index (χ0v) is 19.8. The minimum atomic E-state index is 0. The van der Waals surface area contributed by atoms with Crippen molar-refractivity contribution in [1.29, 1.82) is 0 Å². The van der Waals surface area contributed by atoms with E-state index in [1.165, 1.54) is 18.4 Å². The van der Waals surface area contributed by atoms with Crippen molar-refractivity contribution < 1.29 is 26.2 Å². The topological polar surface area (TPSA) is 42.3 Å². The smallest absolute Gasteiger partial charge is 0.663 e. The van der Waals surface area contributed by atoms with Crippen LogP contribution in [0.4, 0.5) is 0 Å². The van der Waals surface area contributed by atoms with Gasteiger partial charge in [-0.05, 0) is 0 Å². The van der Waals surface area contributed by atoms with Gasteiger partial charge in [0.15, 0.2) is 0 Å². The molecule has 0 aromatic carbocycles. The Morgan fingerprint density at radius 3 is 1.29 bits per heavy atom. The summed E-state index contributed by atoms with van der Waals surface area (Å²) in [5, 5.41) is 11.9. The Hall–Kier alpha value is 0.243. The summed E-state index contributed by atoms with van der Waals surface area (Å²) in [6.45, 7) is 20.3. The second-order valence-corrected chi connectivity index (χ2v) is 4.63. The molecule has 0 saturated carbocycles. The molecule has 4 heteroatoms. The van der Waals surface area contributed by atoms with Crippen LogP contribution in [0.2, 0.25) is 0 Å². The van der Waals surface area contributed by atoms with Gasteiger partial charge in [0.25, 0.3) is 0 Å². The van der Waals surface area contributed by atoms with Crippen molar-refractivity contribution in [3.63, 3.8) is 0 Å². The Kier molecular flexibility index (Phi) is 46.0. The minimum absolute atomic E-state index is 0. The van der Waals surface area contributed by atoms with E-state index in [1.54, 1.807) is 0 Å². The van der Waals surface area contributed by atoms with E-state index in [2.05, 4.69) is 41.1 Å². The van der Waals surface area contributed by atoms with Gasteiger partial charge in [-0.15, -0.1) is 6.42 Å². The molecule has 1 aliphatic carbocycles. The van der Waals surface area contributed by atoms with Gasteiger partial charge in [0, 0.05) is 0 Å². The SMILES string of the molecule is CCCC1=[C-]CC=C1.CC[N-]CC.CC[N-]CC.CC[N-]CC.[Zr+4]. The summed E-state index contributed by atoms with van der Waals surface area (Å²) in [4.78, 5) is 0. The van der Waals surface area contributed by atoms with Gasteiger partial charge in [0.2, 0.25) is 0 Å². The molecule has 0 aromatic rings. The molecule has 0 fully saturated rings. The van der Waals surface area contributed by atoms with Crippen molar-refractivity contribution in [1.82, 2.24) is 0 Å². The molecule has 1 aliphatic rings. The van der Waals surface area contributed by atoms with Gasteiger partial charge < -0.3 is 16.0 Å². The third-order valence-electron chi connectivity index (χ3n) is 2.63. The van der Waals surface area contributed by atoms with Crippen LogP contribution in [0.3, 0.4) is 0 Å². The molecule has 0 spiro atoms. The molecule has 140 valence electrons. The fourth-order valence-electron chi connectivity index (χ4n) is 1.56. The van der Waals surface area contributed by atoms with E-state index in [1.807, 2.05) is 41.5 Å². The van der Waals surface area contributed by atoms with E-state index in [-0.39, 0.29) is 26.2 Å². The van der Waals surface area contributed by atoms with Crippen molar-refractivity contribution in [2.75, 3.05) is 39.3 Å². The maximum Gasteiger partial charge on any atom is 4.00 e. The molecular formula is C20H41N3Zr. The fraction of sp³-hybridized carbons (Fsp3) is 0.800. The number of rotatable bonds is 8. The molecule has 0 atom stereocenters. The summed E-state index contributed by atoms with van der Waals surface area (Å²) in [5.74, 6) is 0. The van der Waals surface area contributed by atoms with Crippen molar-refractivity contribution in [2.45, 2.75) is 67.7 Å². The number of nitrogens with zero attached hydrogens (tertiary/aromatic N) is 3. The van der Waals surface area contributed by atoms with Crippen LogP contribution in [0.1, 0.15) is 67.7 Å². The molecule has 0 aromatic heterocycles. The van der Waals surface area contributed by atoms with Gasteiger partial charge in [-0.3, -0.25) is 6.08 Å². The van der Waals surface area contributed by atoms with Crippen LogP contribution in [0.5, 0.6) is 0 Å². The number of hydrogen-bond acceptors (Lipinski definition) is 0. The maximum absolute atomic E-state index is 3.97. The predicted octanol–water partition coefficient (Wildman–Crippen LogP) is 6.67. The van der Waals surface area contributed by atoms with Crippen LogP contribution in [0.15, 0.2) is 17.7 Å². The molecule has 0 amide bonds. The van der Waals surface area contributed by atoms with Crippen molar-refractivity contribution in [3.8, 4) is 0 Å². The summed E-state index contributed by atoms with van der Waals surface area (Å²) in [6, 6.07) is 0. The first kappa shape index (κ1) is 32.0. The second-order valence-electron chi connectivity index (χ2n) is 4.63. The molecule has 3 nitrogen and oxygen atoms in total. The van der Waals surface area contributed by atoms with Crippen molar-refractivity contribution >= 4 is 0 Å². The monoisotopic (exact) mass is 413 g/mol. The summed E-state index contributed by atoms with van der Waals surface area (Å²) < 4.78 is 0. The molecule has 0 aliphatic heterocycles. The summed E-state index contributed by atoms with van der Waals surface area (Å²) in [5.41, 5.74) is 1.40. The average molecular weight is 415 g/mol. The van der Waals surface area contributed by atoms with Gasteiger partial charge in [-0.1, -0.05) is 61.3 Å². The first-order valence-corrected chi connectivity index (χ1v) is 9.33. The van der Waals surface area contributed by atoms with Crippen LogP contribution in [0.25, 0.3) is 16.0 Å². The van der Waals surface area contributed by atoms with Crippen LogP contribution in [-0.2, 0) is 26.2 Å². The summed E-state index contributed by atoms with van der Waals surface area (Å²) in [6.07, 6.45) is 11.1. The average Bonchev–Trinajstić information content (AvgIpc) is 3.05. The molecule has 0 unspecified atom stereocenters. The molecule has 0 N–H and O–H groups in total. The standard InChI is InChI=1S/C8H11.3C4H10N.Zr/c1-2-5-8-6-3-4-7-8;3*1-3-5-4-2;/h3,6H,2,4-5H2,1H3;3*3-4H2,1-2H3;/q4*-1;+4. The third-order valence-corrected chi connectivity index (χ3v) is 2.63. The molecular weight excluding hydrogens is 373 g/mol. The van der Waals surface area contributed by atoms with Crippen molar-refractivity contribution in [2.24, 2.45) is 0 Å². The fourth-order valence-corrected chi connectivity index (χ4v) is 1.56. The predicted molar refractivity (Wildman–Crippen MR) is 109 cm³/mol. The molecule has 0 bridgehead atoms. The van der Waals surface area contributed by atoms with Crippen molar-refractivity contribution in [3.05, 3.63) is 39.8 Å². The zero-order chi connectivity index (χ0) is 18.2. The maximum atomic E-state index is 3.97. The van der Waals surface area contributed by atoms with Crippen LogP contribution >= 0.6 is 0 Å².